The minimum atomic E-state index is -0.518. The van der Waals surface area contributed by atoms with Crippen molar-refractivity contribution >= 4 is 16.5 Å². The standard InChI is InChI=1S/C22H17N2S/c1-4-10-18(11-5-1)22(19-12-6-2-7-13-19,20-14-8-3-9-15-20)24-21-23-16-17-25-21/h1-15,17H,(H,23,24). The molecule has 3 heteroatoms. The minimum absolute atomic E-state index is 0.518. The first kappa shape index (κ1) is 15.6. The van der Waals surface area contributed by atoms with Crippen molar-refractivity contribution in [3.8, 4) is 0 Å². The maximum atomic E-state index is 4.36. The van der Waals surface area contributed by atoms with E-state index in [9.17, 15) is 0 Å². The highest BCUT2D eigenvalue weighted by Gasteiger charge is 2.36. The van der Waals surface area contributed by atoms with E-state index in [2.05, 4.69) is 89.3 Å². The molecule has 4 rings (SSSR count). The van der Waals surface area contributed by atoms with Crippen LogP contribution < -0.4 is 5.32 Å². The Morgan fingerprint density at radius 2 is 1.12 bits per heavy atom. The van der Waals surface area contributed by atoms with Crippen molar-refractivity contribution in [2.75, 3.05) is 5.32 Å². The van der Waals surface area contributed by atoms with Crippen LogP contribution in [-0.4, -0.2) is 4.98 Å². The van der Waals surface area contributed by atoms with Crippen LogP contribution in [0.4, 0.5) is 5.13 Å². The summed E-state index contributed by atoms with van der Waals surface area (Å²) in [6.07, 6.45) is 2.91. The normalized spacial score (nSPS) is 11.2. The SMILES string of the molecule is [c]1csc(NC(c2ccccc2)(c2ccccc2)c2ccccc2)n1. The Labute approximate surface area is 151 Å². The third kappa shape index (κ3) is 2.94. The van der Waals surface area contributed by atoms with Gasteiger partial charge in [-0.3, -0.25) is 0 Å². The molecule has 25 heavy (non-hydrogen) atoms. The van der Waals surface area contributed by atoms with Gasteiger partial charge in [0.15, 0.2) is 5.13 Å². The molecule has 4 aromatic rings. The molecule has 0 aliphatic heterocycles. The Bertz CT molecular complexity index is 808. The molecule has 0 bridgehead atoms. The van der Waals surface area contributed by atoms with Crippen LogP contribution in [0.2, 0.25) is 0 Å². The van der Waals surface area contributed by atoms with Gasteiger partial charge in [0, 0.05) is 5.38 Å². The predicted molar refractivity (Wildman–Crippen MR) is 104 cm³/mol. The number of hydrogen-bond acceptors (Lipinski definition) is 3. The molecule has 0 spiro atoms. The number of nitrogens with zero attached hydrogens (tertiary/aromatic N) is 1. The van der Waals surface area contributed by atoms with Gasteiger partial charge in [-0.2, -0.15) is 0 Å². The van der Waals surface area contributed by atoms with Crippen LogP contribution >= 0.6 is 11.3 Å². The average Bonchev–Trinajstić information content (AvgIpc) is 3.21. The van der Waals surface area contributed by atoms with Crippen molar-refractivity contribution in [3.05, 3.63) is 119 Å². The van der Waals surface area contributed by atoms with E-state index in [0.717, 1.165) is 5.13 Å². The molecular formula is C22H17N2S. The molecule has 0 saturated heterocycles. The molecule has 1 radical (unpaired) electrons. The molecular weight excluding hydrogens is 324 g/mol. The molecule has 1 aromatic heterocycles. The van der Waals surface area contributed by atoms with E-state index >= 15 is 0 Å². The third-order valence-corrected chi connectivity index (χ3v) is 4.94. The van der Waals surface area contributed by atoms with E-state index in [4.69, 9.17) is 0 Å². The quantitative estimate of drug-likeness (QED) is 0.495. The maximum Gasteiger partial charge on any atom is 0.184 e. The van der Waals surface area contributed by atoms with Crippen LogP contribution in [0.3, 0.4) is 0 Å². The summed E-state index contributed by atoms with van der Waals surface area (Å²) in [7, 11) is 0. The van der Waals surface area contributed by atoms with Gasteiger partial charge in [-0.1, -0.05) is 91.0 Å². The average molecular weight is 341 g/mol. The van der Waals surface area contributed by atoms with Gasteiger partial charge in [0.1, 0.15) is 11.7 Å². The molecule has 0 fully saturated rings. The number of nitrogens with one attached hydrogen (secondary N) is 1. The maximum absolute atomic E-state index is 4.36. The Hall–Kier alpha value is -2.91. The number of aromatic nitrogens is 1. The van der Waals surface area contributed by atoms with Crippen molar-refractivity contribution < 1.29 is 0 Å². The Balaban J connectivity index is 2.01. The first-order valence-corrected chi connectivity index (χ1v) is 9.04. The Kier molecular flexibility index (Phi) is 4.32. The van der Waals surface area contributed by atoms with Crippen LogP contribution in [0.1, 0.15) is 16.7 Å². The van der Waals surface area contributed by atoms with Gasteiger partial charge < -0.3 is 5.32 Å². The summed E-state index contributed by atoms with van der Waals surface area (Å²) in [6, 6.07) is 31.5. The lowest BCUT2D eigenvalue weighted by Crippen LogP contribution is -2.38. The summed E-state index contributed by atoms with van der Waals surface area (Å²) < 4.78 is 0. The fraction of sp³-hybridized carbons (Fsp3) is 0.0455. The summed E-state index contributed by atoms with van der Waals surface area (Å²) in [5.41, 5.74) is 2.99. The van der Waals surface area contributed by atoms with Gasteiger partial charge in [-0.05, 0) is 16.7 Å². The highest BCUT2D eigenvalue weighted by Crippen LogP contribution is 2.40. The van der Waals surface area contributed by atoms with Gasteiger partial charge >= 0.3 is 0 Å². The number of benzene rings is 3. The molecule has 1 N–H and O–H groups in total. The van der Waals surface area contributed by atoms with Crippen molar-refractivity contribution in [3.63, 3.8) is 0 Å². The van der Waals surface area contributed by atoms with Gasteiger partial charge in [-0.25, -0.2) is 4.98 Å². The molecule has 2 nitrogen and oxygen atoms in total. The van der Waals surface area contributed by atoms with Crippen LogP contribution in [0, 0.1) is 6.20 Å². The van der Waals surface area contributed by atoms with E-state index in [0.29, 0.717) is 0 Å². The van der Waals surface area contributed by atoms with Gasteiger partial charge in [-0.15, -0.1) is 11.3 Å². The Morgan fingerprint density at radius 1 is 0.680 bits per heavy atom. The minimum Gasteiger partial charge on any atom is -0.344 e. The van der Waals surface area contributed by atoms with E-state index in [1.165, 1.54) is 16.7 Å². The van der Waals surface area contributed by atoms with Crippen molar-refractivity contribution in [1.29, 1.82) is 0 Å². The third-order valence-electron chi connectivity index (χ3n) is 4.30. The molecule has 0 aliphatic carbocycles. The molecule has 0 unspecified atom stereocenters. The number of rotatable bonds is 5. The molecule has 0 atom stereocenters. The summed E-state index contributed by atoms with van der Waals surface area (Å²) in [5.74, 6) is 0. The van der Waals surface area contributed by atoms with Crippen molar-refractivity contribution in [1.82, 2.24) is 4.98 Å². The van der Waals surface area contributed by atoms with Gasteiger partial charge in [0.25, 0.3) is 0 Å². The van der Waals surface area contributed by atoms with E-state index in [1.54, 1.807) is 11.3 Å². The lowest BCUT2D eigenvalue weighted by molar-refractivity contribution is 0.710. The number of hydrogen-bond donors (Lipinski definition) is 1. The van der Waals surface area contributed by atoms with E-state index in [-0.39, 0.29) is 0 Å². The lowest BCUT2D eigenvalue weighted by atomic mass is 9.77. The first-order chi connectivity index (χ1) is 12.4. The largest absolute Gasteiger partial charge is 0.344 e. The highest BCUT2D eigenvalue weighted by atomic mass is 32.1. The van der Waals surface area contributed by atoms with Gasteiger partial charge in [0.05, 0.1) is 0 Å². The van der Waals surface area contributed by atoms with Crippen LogP contribution in [0.5, 0.6) is 0 Å². The molecule has 1 heterocycles. The molecule has 0 amide bonds. The molecule has 0 aliphatic rings. The van der Waals surface area contributed by atoms with Crippen molar-refractivity contribution in [2.24, 2.45) is 0 Å². The van der Waals surface area contributed by atoms with Crippen molar-refractivity contribution in [2.45, 2.75) is 5.54 Å². The van der Waals surface area contributed by atoms with Crippen LogP contribution in [-0.2, 0) is 5.54 Å². The topological polar surface area (TPSA) is 24.9 Å². The Morgan fingerprint density at radius 3 is 1.48 bits per heavy atom. The summed E-state index contributed by atoms with van der Waals surface area (Å²) >= 11 is 1.56. The molecule has 3 aromatic carbocycles. The highest BCUT2D eigenvalue weighted by molar-refractivity contribution is 7.13. The fourth-order valence-electron chi connectivity index (χ4n) is 3.19. The van der Waals surface area contributed by atoms with E-state index < -0.39 is 5.54 Å². The monoisotopic (exact) mass is 341 g/mol. The summed E-state index contributed by atoms with van der Waals surface area (Å²) in [5, 5.41) is 6.41. The van der Waals surface area contributed by atoms with E-state index in [1.807, 2.05) is 23.6 Å². The zero-order chi connectivity index (χ0) is 17.0. The second-order valence-corrected chi connectivity index (χ2v) is 6.61. The smallest absolute Gasteiger partial charge is 0.184 e. The zero-order valence-corrected chi connectivity index (χ0v) is 14.4. The molecule has 0 saturated carbocycles. The fourth-order valence-corrected chi connectivity index (χ4v) is 3.73. The first-order valence-electron chi connectivity index (χ1n) is 8.16. The molecule has 121 valence electrons. The predicted octanol–water partition coefficient (Wildman–Crippen LogP) is 5.35. The zero-order valence-electron chi connectivity index (χ0n) is 13.6. The van der Waals surface area contributed by atoms with Gasteiger partial charge in [0.2, 0.25) is 0 Å². The second kappa shape index (κ2) is 6.91. The second-order valence-electron chi connectivity index (χ2n) is 5.75. The number of anilines is 1. The number of thiazole rings is 1. The summed E-state index contributed by atoms with van der Waals surface area (Å²) in [4.78, 5) is 4.36. The lowest BCUT2D eigenvalue weighted by Gasteiger charge is -2.36. The summed E-state index contributed by atoms with van der Waals surface area (Å²) in [6.45, 7) is 0. The van der Waals surface area contributed by atoms with Crippen LogP contribution in [0.15, 0.2) is 96.4 Å². The van der Waals surface area contributed by atoms with Crippen LogP contribution in [0.25, 0.3) is 0 Å².